The number of hydrogen-bond acceptors (Lipinski definition) is 0. The molecule has 0 saturated carbocycles. The second-order valence-corrected chi connectivity index (χ2v) is 3.23. The molecule has 0 N–H and O–H groups in total. The monoisotopic (exact) mass is 184 g/mol. The van der Waals surface area contributed by atoms with Crippen molar-refractivity contribution < 1.29 is 0 Å². The Morgan fingerprint density at radius 1 is 1.36 bits per heavy atom. The number of hydrogen-bond donors (Lipinski definition) is 0. The highest BCUT2D eigenvalue weighted by atomic mass is 14.0. The van der Waals surface area contributed by atoms with Crippen molar-refractivity contribution in [3.8, 4) is 0 Å². The maximum Gasteiger partial charge on any atom is -0.0115 e. The molecule has 0 radical (unpaired) electrons. The van der Waals surface area contributed by atoms with Gasteiger partial charge in [0.15, 0.2) is 0 Å². The molecule has 0 aliphatic heterocycles. The summed E-state index contributed by atoms with van der Waals surface area (Å²) in [5.41, 5.74) is 2.22. The van der Waals surface area contributed by atoms with Crippen LogP contribution in [0.25, 0.3) is 12.2 Å². The molecule has 0 aliphatic carbocycles. The van der Waals surface area contributed by atoms with Crippen molar-refractivity contribution in [2.24, 2.45) is 0 Å². The summed E-state index contributed by atoms with van der Waals surface area (Å²) in [6.07, 6.45) is 2.80. The zero-order valence-corrected chi connectivity index (χ0v) is 8.72. The summed E-state index contributed by atoms with van der Waals surface area (Å²) in [5, 5.41) is 2.16. The summed E-state index contributed by atoms with van der Waals surface area (Å²) in [7, 11) is 0. The molecule has 0 nitrogen and oxygen atoms in total. The molecule has 1 aromatic rings. The SMILES string of the molecule is C=C/C(C(=C)CC)=c1\ccccc1=C. The molecule has 72 valence electrons. The Labute approximate surface area is 85.6 Å². The van der Waals surface area contributed by atoms with Gasteiger partial charge in [-0.3, -0.25) is 0 Å². The van der Waals surface area contributed by atoms with Crippen LogP contribution in [0, 0.1) is 0 Å². The normalized spacial score (nSPS) is 12.1. The lowest BCUT2D eigenvalue weighted by Gasteiger charge is -2.03. The van der Waals surface area contributed by atoms with E-state index in [1.54, 1.807) is 0 Å². The molecule has 0 amide bonds. The van der Waals surface area contributed by atoms with E-state index >= 15 is 0 Å². The quantitative estimate of drug-likeness (QED) is 0.676. The topological polar surface area (TPSA) is 0 Å². The van der Waals surface area contributed by atoms with Crippen molar-refractivity contribution in [2.45, 2.75) is 13.3 Å². The van der Waals surface area contributed by atoms with Crippen molar-refractivity contribution in [3.63, 3.8) is 0 Å². The third kappa shape index (κ3) is 2.02. The van der Waals surface area contributed by atoms with Gasteiger partial charge in [-0.25, -0.2) is 0 Å². The smallest absolute Gasteiger partial charge is 0.0115 e. The third-order valence-corrected chi connectivity index (χ3v) is 2.32. The Bertz CT molecular complexity index is 449. The Morgan fingerprint density at radius 3 is 2.50 bits per heavy atom. The average molecular weight is 184 g/mol. The van der Waals surface area contributed by atoms with Crippen molar-refractivity contribution in [2.75, 3.05) is 0 Å². The largest absolute Gasteiger partial charge is 0.0984 e. The van der Waals surface area contributed by atoms with Gasteiger partial charge >= 0.3 is 0 Å². The van der Waals surface area contributed by atoms with E-state index in [4.69, 9.17) is 0 Å². The van der Waals surface area contributed by atoms with Gasteiger partial charge in [0.05, 0.1) is 0 Å². The molecular formula is C14H16. The van der Waals surface area contributed by atoms with E-state index in [0.717, 1.165) is 28.0 Å². The van der Waals surface area contributed by atoms with E-state index in [1.165, 1.54) is 0 Å². The zero-order chi connectivity index (χ0) is 10.6. The molecule has 14 heavy (non-hydrogen) atoms. The Hall–Kier alpha value is -1.56. The highest BCUT2D eigenvalue weighted by molar-refractivity contribution is 5.71. The lowest BCUT2D eigenvalue weighted by molar-refractivity contribution is 1.16. The van der Waals surface area contributed by atoms with Gasteiger partial charge in [0, 0.05) is 0 Å². The van der Waals surface area contributed by atoms with Crippen molar-refractivity contribution in [3.05, 3.63) is 59.5 Å². The first-order valence-corrected chi connectivity index (χ1v) is 4.79. The number of rotatable bonds is 3. The molecule has 0 spiro atoms. The third-order valence-electron chi connectivity index (χ3n) is 2.32. The summed E-state index contributed by atoms with van der Waals surface area (Å²) in [5.74, 6) is 0. The van der Waals surface area contributed by atoms with Crippen LogP contribution < -0.4 is 10.4 Å². The van der Waals surface area contributed by atoms with E-state index in [9.17, 15) is 0 Å². The maximum absolute atomic E-state index is 4.03. The number of allylic oxidation sites excluding steroid dienone is 2. The van der Waals surface area contributed by atoms with Gasteiger partial charge in [0.2, 0.25) is 0 Å². The van der Waals surface area contributed by atoms with Crippen LogP contribution in [0.2, 0.25) is 0 Å². The minimum atomic E-state index is 0.940. The molecule has 0 saturated heterocycles. The fraction of sp³-hybridized carbons (Fsp3) is 0.143. The molecule has 0 aromatic heterocycles. The first kappa shape index (κ1) is 10.5. The highest BCUT2D eigenvalue weighted by Crippen LogP contribution is 2.10. The molecule has 0 heterocycles. The van der Waals surface area contributed by atoms with Crippen LogP contribution in [0.1, 0.15) is 13.3 Å². The van der Waals surface area contributed by atoms with Gasteiger partial charge in [-0.05, 0) is 28.0 Å². The van der Waals surface area contributed by atoms with Gasteiger partial charge in [-0.2, -0.15) is 0 Å². The van der Waals surface area contributed by atoms with Crippen LogP contribution in [0.5, 0.6) is 0 Å². The van der Waals surface area contributed by atoms with Crippen molar-refractivity contribution in [1.29, 1.82) is 0 Å². The second-order valence-electron chi connectivity index (χ2n) is 3.23. The first-order valence-electron chi connectivity index (χ1n) is 4.79. The lowest BCUT2D eigenvalue weighted by Crippen LogP contribution is -2.24. The molecule has 0 heteroatoms. The molecule has 0 bridgehead atoms. The summed E-state index contributed by atoms with van der Waals surface area (Å²) in [6, 6.07) is 8.06. The Kier molecular flexibility index (Phi) is 3.47. The number of benzene rings is 1. The average Bonchev–Trinajstić information content (AvgIpc) is 2.21. The molecular weight excluding hydrogens is 168 g/mol. The molecule has 0 fully saturated rings. The van der Waals surface area contributed by atoms with Gasteiger partial charge in [-0.15, -0.1) is 0 Å². The van der Waals surface area contributed by atoms with Gasteiger partial charge in [0.1, 0.15) is 0 Å². The van der Waals surface area contributed by atoms with E-state index in [-0.39, 0.29) is 0 Å². The van der Waals surface area contributed by atoms with Crippen LogP contribution in [0.4, 0.5) is 0 Å². The fourth-order valence-electron chi connectivity index (χ4n) is 1.42. The maximum atomic E-state index is 4.03. The predicted molar refractivity (Wildman–Crippen MR) is 64.3 cm³/mol. The van der Waals surface area contributed by atoms with Crippen molar-refractivity contribution >= 4 is 12.2 Å². The van der Waals surface area contributed by atoms with E-state index < -0.39 is 0 Å². The Balaban J connectivity index is 3.54. The molecule has 1 rings (SSSR count). The van der Waals surface area contributed by atoms with E-state index in [2.05, 4.69) is 32.7 Å². The fourth-order valence-corrected chi connectivity index (χ4v) is 1.42. The predicted octanol–water partition coefficient (Wildman–Crippen LogP) is 2.40. The summed E-state index contributed by atoms with van der Waals surface area (Å²) >= 11 is 0. The highest BCUT2D eigenvalue weighted by Gasteiger charge is 1.97. The van der Waals surface area contributed by atoms with Crippen LogP contribution in [-0.4, -0.2) is 0 Å². The summed E-state index contributed by atoms with van der Waals surface area (Å²) in [4.78, 5) is 0. The lowest BCUT2D eigenvalue weighted by atomic mass is 10.0. The minimum Gasteiger partial charge on any atom is -0.0984 e. The molecule has 0 atom stereocenters. The minimum absolute atomic E-state index is 0.940. The molecule has 0 unspecified atom stereocenters. The second kappa shape index (κ2) is 4.61. The van der Waals surface area contributed by atoms with E-state index in [0.29, 0.717) is 0 Å². The van der Waals surface area contributed by atoms with Crippen molar-refractivity contribution in [1.82, 2.24) is 0 Å². The van der Waals surface area contributed by atoms with Gasteiger partial charge < -0.3 is 0 Å². The van der Waals surface area contributed by atoms with Crippen LogP contribution in [-0.2, 0) is 0 Å². The van der Waals surface area contributed by atoms with Crippen LogP contribution >= 0.6 is 0 Å². The molecule has 0 aliphatic rings. The van der Waals surface area contributed by atoms with Crippen LogP contribution in [0.15, 0.2) is 49.1 Å². The summed E-state index contributed by atoms with van der Waals surface area (Å²) < 4.78 is 0. The van der Waals surface area contributed by atoms with Gasteiger partial charge in [0.25, 0.3) is 0 Å². The van der Waals surface area contributed by atoms with Crippen LogP contribution in [0.3, 0.4) is 0 Å². The zero-order valence-electron chi connectivity index (χ0n) is 8.72. The first-order chi connectivity index (χ1) is 6.70. The van der Waals surface area contributed by atoms with E-state index in [1.807, 2.05) is 24.3 Å². The standard InChI is InChI=1S/C14H16/c1-5-11(3)13(6-2)14-10-8-7-9-12(14)4/h6-10H,2-5H2,1H3/b14-13-. The summed E-state index contributed by atoms with van der Waals surface area (Å²) in [6.45, 7) is 13.9. The molecule has 1 aromatic carbocycles. The van der Waals surface area contributed by atoms with Gasteiger partial charge in [-0.1, -0.05) is 57.0 Å². The Morgan fingerprint density at radius 2 is 2.00 bits per heavy atom.